The summed E-state index contributed by atoms with van der Waals surface area (Å²) in [4.78, 5) is 26.5. The van der Waals surface area contributed by atoms with Crippen LogP contribution in [-0.2, 0) is 14.3 Å². The number of hydrogen-bond donors (Lipinski definition) is 2. The van der Waals surface area contributed by atoms with Crippen molar-refractivity contribution in [3.8, 4) is 0 Å². The van der Waals surface area contributed by atoms with E-state index in [1.54, 1.807) is 4.90 Å². The molecule has 1 saturated heterocycles. The molecule has 1 amide bonds. The Morgan fingerprint density at radius 2 is 2.04 bits per heavy atom. The van der Waals surface area contributed by atoms with Crippen molar-refractivity contribution in [2.75, 3.05) is 19.7 Å². The van der Waals surface area contributed by atoms with E-state index in [-0.39, 0.29) is 18.5 Å². The highest BCUT2D eigenvalue weighted by molar-refractivity contribution is 5.88. The van der Waals surface area contributed by atoms with E-state index >= 15 is 0 Å². The molecule has 0 aromatic rings. The minimum atomic E-state index is -0.569. The third-order valence-electron chi connectivity index (χ3n) is 4.78. The van der Waals surface area contributed by atoms with E-state index in [1.165, 1.54) is 5.57 Å². The number of allylic oxidation sites excluding steroid dienone is 3. The van der Waals surface area contributed by atoms with Crippen LogP contribution in [0.4, 0.5) is 0 Å². The van der Waals surface area contributed by atoms with Gasteiger partial charge in [-0.05, 0) is 58.4 Å². The zero-order chi connectivity index (χ0) is 20.2. The molecule has 6 nitrogen and oxygen atoms in total. The number of amides is 1. The number of carbonyl (C=O) groups is 2. The number of ether oxygens (including phenoxy) is 1. The van der Waals surface area contributed by atoms with Gasteiger partial charge in [-0.3, -0.25) is 4.79 Å². The van der Waals surface area contributed by atoms with E-state index in [9.17, 15) is 9.59 Å². The number of hydrogen-bond acceptors (Lipinski definition) is 5. The normalized spacial score (nSPS) is 19.1. The molecule has 2 unspecified atom stereocenters. The molecule has 0 aromatic heterocycles. The number of unbranched alkanes of at least 4 members (excludes halogenated alkanes) is 1. The number of likely N-dealkylation sites (tertiary alicyclic amines) is 1. The molecular weight excluding hydrogens is 342 g/mol. The van der Waals surface area contributed by atoms with Gasteiger partial charge in [0, 0.05) is 6.54 Å². The summed E-state index contributed by atoms with van der Waals surface area (Å²) in [5.41, 5.74) is 12.8. The molecule has 6 heteroatoms. The number of carbonyl (C=O) groups excluding carboxylic acids is 2. The van der Waals surface area contributed by atoms with E-state index in [2.05, 4.69) is 32.9 Å². The molecule has 3 atom stereocenters. The predicted octanol–water partition coefficient (Wildman–Crippen LogP) is 2.53. The van der Waals surface area contributed by atoms with Gasteiger partial charge in [-0.2, -0.15) is 0 Å². The molecule has 0 aromatic carbocycles. The lowest BCUT2D eigenvalue weighted by atomic mass is 10.1. The van der Waals surface area contributed by atoms with Gasteiger partial charge in [-0.25, -0.2) is 4.79 Å². The molecule has 27 heavy (non-hydrogen) atoms. The number of rotatable bonds is 11. The first-order valence-corrected chi connectivity index (χ1v) is 10.1. The fourth-order valence-electron chi connectivity index (χ4n) is 3.14. The summed E-state index contributed by atoms with van der Waals surface area (Å²) < 4.78 is 5.37. The zero-order valence-corrected chi connectivity index (χ0v) is 17.2. The molecule has 1 fully saturated rings. The van der Waals surface area contributed by atoms with Gasteiger partial charge < -0.3 is 21.1 Å². The third kappa shape index (κ3) is 8.71. The lowest BCUT2D eigenvalue weighted by molar-refractivity contribution is -0.152. The van der Waals surface area contributed by atoms with Crippen molar-refractivity contribution in [2.45, 2.75) is 71.4 Å². The minimum Gasteiger partial charge on any atom is -0.460 e. The molecule has 0 bridgehead atoms. The summed E-state index contributed by atoms with van der Waals surface area (Å²) in [5.74, 6) is -0.0938. The van der Waals surface area contributed by atoms with E-state index < -0.39 is 12.1 Å². The molecule has 1 aliphatic heterocycles. The van der Waals surface area contributed by atoms with Gasteiger partial charge in [-0.1, -0.05) is 37.1 Å². The molecule has 1 rings (SSSR count). The Bertz CT molecular complexity index is 527. The predicted molar refractivity (Wildman–Crippen MR) is 109 cm³/mol. The van der Waals surface area contributed by atoms with Crippen LogP contribution in [-0.4, -0.2) is 48.6 Å². The Labute approximate surface area is 164 Å². The van der Waals surface area contributed by atoms with Crippen LogP contribution in [0.3, 0.4) is 0 Å². The van der Waals surface area contributed by atoms with Gasteiger partial charge in [0.1, 0.15) is 12.6 Å². The van der Waals surface area contributed by atoms with Crippen molar-refractivity contribution < 1.29 is 14.3 Å². The van der Waals surface area contributed by atoms with Crippen LogP contribution in [0.25, 0.3) is 0 Å². The molecular formula is C21H37N3O3. The second-order valence-corrected chi connectivity index (χ2v) is 7.63. The Morgan fingerprint density at radius 3 is 2.70 bits per heavy atom. The first-order chi connectivity index (χ1) is 12.9. The maximum absolute atomic E-state index is 12.5. The highest BCUT2D eigenvalue weighted by atomic mass is 16.5. The average molecular weight is 380 g/mol. The molecule has 0 spiro atoms. The maximum atomic E-state index is 12.5. The SMILES string of the molecule is CC(C)=CCC(C)/C=C/COC(=O)[C@@H]1CCCN1C(=O)C(N)CCCCN. The lowest BCUT2D eigenvalue weighted by Crippen LogP contribution is -2.48. The van der Waals surface area contributed by atoms with E-state index in [0.717, 1.165) is 25.7 Å². The highest BCUT2D eigenvalue weighted by Crippen LogP contribution is 2.20. The molecule has 0 saturated carbocycles. The molecule has 0 radical (unpaired) electrons. The summed E-state index contributed by atoms with van der Waals surface area (Å²) >= 11 is 0. The van der Waals surface area contributed by atoms with Crippen LogP contribution in [0, 0.1) is 5.92 Å². The van der Waals surface area contributed by atoms with Crippen molar-refractivity contribution in [3.63, 3.8) is 0 Å². The van der Waals surface area contributed by atoms with Crippen LogP contribution in [0.2, 0.25) is 0 Å². The van der Waals surface area contributed by atoms with Gasteiger partial charge in [0.25, 0.3) is 0 Å². The number of nitrogens with two attached hydrogens (primary N) is 2. The summed E-state index contributed by atoms with van der Waals surface area (Å²) in [6.07, 6.45) is 10.8. The van der Waals surface area contributed by atoms with Crippen molar-refractivity contribution >= 4 is 11.9 Å². The quantitative estimate of drug-likeness (QED) is 0.326. The van der Waals surface area contributed by atoms with Crippen molar-refractivity contribution in [3.05, 3.63) is 23.8 Å². The average Bonchev–Trinajstić information content (AvgIpc) is 3.12. The van der Waals surface area contributed by atoms with Crippen LogP contribution < -0.4 is 11.5 Å². The standard InChI is InChI=1S/C21H37N3O3/c1-16(2)11-12-17(3)8-7-15-27-21(26)19-10-6-14-24(19)20(25)18(23)9-4-5-13-22/h7-8,11,17-19H,4-6,9-10,12-15,22-23H2,1-3H3/b8-7+/t17?,18?,19-/m0/s1. The second-order valence-electron chi connectivity index (χ2n) is 7.63. The smallest absolute Gasteiger partial charge is 0.329 e. The number of nitrogens with zero attached hydrogens (tertiary/aromatic N) is 1. The summed E-state index contributed by atoms with van der Waals surface area (Å²) in [5, 5.41) is 0. The van der Waals surface area contributed by atoms with Crippen LogP contribution in [0.15, 0.2) is 23.8 Å². The topological polar surface area (TPSA) is 98.6 Å². The molecule has 0 aliphatic carbocycles. The minimum absolute atomic E-state index is 0.155. The summed E-state index contributed by atoms with van der Waals surface area (Å²) in [6.45, 7) is 7.69. The molecule has 4 N–H and O–H groups in total. The van der Waals surface area contributed by atoms with Gasteiger partial charge in [0.05, 0.1) is 6.04 Å². The fourth-order valence-corrected chi connectivity index (χ4v) is 3.14. The van der Waals surface area contributed by atoms with E-state index in [1.807, 2.05) is 6.08 Å². The van der Waals surface area contributed by atoms with Crippen molar-refractivity contribution in [1.82, 2.24) is 4.90 Å². The van der Waals surface area contributed by atoms with Gasteiger partial charge in [0.15, 0.2) is 0 Å². The first kappa shape index (κ1) is 23.4. The number of esters is 1. The van der Waals surface area contributed by atoms with Crippen molar-refractivity contribution in [2.24, 2.45) is 17.4 Å². The fraction of sp³-hybridized carbons (Fsp3) is 0.714. The second kappa shape index (κ2) is 12.7. The van der Waals surface area contributed by atoms with Crippen LogP contribution >= 0.6 is 0 Å². The molecule has 1 aliphatic rings. The maximum Gasteiger partial charge on any atom is 0.329 e. The largest absolute Gasteiger partial charge is 0.460 e. The Balaban J connectivity index is 2.44. The third-order valence-corrected chi connectivity index (χ3v) is 4.78. The van der Waals surface area contributed by atoms with Crippen molar-refractivity contribution in [1.29, 1.82) is 0 Å². The Hall–Kier alpha value is -1.66. The van der Waals surface area contributed by atoms with Gasteiger partial charge >= 0.3 is 5.97 Å². The molecule has 1 heterocycles. The van der Waals surface area contributed by atoms with Crippen LogP contribution in [0.5, 0.6) is 0 Å². The molecule has 154 valence electrons. The summed E-state index contributed by atoms with van der Waals surface area (Å²) in [6, 6.07) is -1.07. The zero-order valence-electron chi connectivity index (χ0n) is 17.2. The van der Waals surface area contributed by atoms with Gasteiger partial charge in [-0.15, -0.1) is 0 Å². The van der Waals surface area contributed by atoms with E-state index in [0.29, 0.717) is 31.8 Å². The Morgan fingerprint density at radius 1 is 1.30 bits per heavy atom. The lowest BCUT2D eigenvalue weighted by Gasteiger charge is -2.26. The first-order valence-electron chi connectivity index (χ1n) is 10.1. The van der Waals surface area contributed by atoms with Crippen LogP contribution in [0.1, 0.15) is 59.3 Å². The summed E-state index contributed by atoms with van der Waals surface area (Å²) in [7, 11) is 0. The highest BCUT2D eigenvalue weighted by Gasteiger charge is 2.36. The van der Waals surface area contributed by atoms with E-state index in [4.69, 9.17) is 16.2 Å². The Kier molecular flexibility index (Phi) is 11.0. The monoisotopic (exact) mass is 379 g/mol. The van der Waals surface area contributed by atoms with Gasteiger partial charge in [0.2, 0.25) is 5.91 Å².